The van der Waals surface area contributed by atoms with Crippen LogP contribution < -0.4 is 5.32 Å². The monoisotopic (exact) mass is 211 g/mol. The smallest absolute Gasteiger partial charge is 0.0604 e. The van der Waals surface area contributed by atoms with Gasteiger partial charge in [-0.05, 0) is 45.1 Å². The summed E-state index contributed by atoms with van der Waals surface area (Å²) in [7, 11) is 0. The molecule has 0 unspecified atom stereocenters. The molecule has 0 bridgehead atoms. The zero-order valence-electron chi connectivity index (χ0n) is 10.0. The molecule has 2 heteroatoms. The lowest BCUT2D eigenvalue weighted by molar-refractivity contribution is -0.0108. The topological polar surface area (TPSA) is 21.3 Å². The third-order valence-corrected chi connectivity index (χ3v) is 3.92. The van der Waals surface area contributed by atoms with Gasteiger partial charge in [0, 0.05) is 12.6 Å². The van der Waals surface area contributed by atoms with Crippen LogP contribution in [0, 0.1) is 5.92 Å². The molecule has 2 fully saturated rings. The summed E-state index contributed by atoms with van der Waals surface area (Å²) in [5.74, 6) is 0.963. The summed E-state index contributed by atoms with van der Waals surface area (Å²) in [5, 5.41) is 3.70. The van der Waals surface area contributed by atoms with E-state index < -0.39 is 0 Å². The van der Waals surface area contributed by atoms with E-state index in [0.29, 0.717) is 6.10 Å². The quantitative estimate of drug-likeness (QED) is 0.755. The maximum absolute atomic E-state index is 5.56. The molecule has 0 heterocycles. The minimum Gasteiger partial charge on any atom is -0.378 e. The second-order valence-corrected chi connectivity index (χ2v) is 5.16. The Kier molecular flexibility index (Phi) is 4.45. The van der Waals surface area contributed by atoms with Gasteiger partial charge in [0.05, 0.1) is 6.10 Å². The van der Waals surface area contributed by atoms with Crippen molar-refractivity contribution in [2.75, 3.05) is 13.2 Å². The van der Waals surface area contributed by atoms with Crippen LogP contribution >= 0.6 is 0 Å². The zero-order valence-corrected chi connectivity index (χ0v) is 10.0. The van der Waals surface area contributed by atoms with E-state index >= 15 is 0 Å². The average Bonchev–Trinajstić information content (AvgIpc) is 2.23. The Morgan fingerprint density at radius 2 is 1.87 bits per heavy atom. The molecule has 2 rings (SSSR count). The molecule has 0 atom stereocenters. The van der Waals surface area contributed by atoms with Crippen molar-refractivity contribution in [2.24, 2.45) is 5.92 Å². The lowest BCUT2D eigenvalue weighted by Gasteiger charge is -2.36. The molecule has 2 nitrogen and oxygen atoms in total. The molecule has 2 aliphatic rings. The van der Waals surface area contributed by atoms with Crippen LogP contribution in [0.4, 0.5) is 0 Å². The van der Waals surface area contributed by atoms with Crippen LogP contribution in [0.2, 0.25) is 0 Å². The lowest BCUT2D eigenvalue weighted by Crippen LogP contribution is -2.47. The van der Waals surface area contributed by atoms with Gasteiger partial charge in [-0.2, -0.15) is 0 Å². The first-order chi connectivity index (χ1) is 7.38. The predicted molar refractivity (Wildman–Crippen MR) is 63.0 cm³/mol. The van der Waals surface area contributed by atoms with E-state index in [1.165, 1.54) is 51.5 Å². The number of hydrogen-bond acceptors (Lipinski definition) is 2. The van der Waals surface area contributed by atoms with Gasteiger partial charge in [-0.1, -0.05) is 19.3 Å². The molecule has 0 saturated heterocycles. The molecule has 0 aromatic heterocycles. The Bertz CT molecular complexity index is 171. The molecule has 0 aromatic carbocycles. The molecule has 2 saturated carbocycles. The summed E-state index contributed by atoms with van der Waals surface area (Å²) in [6, 6.07) is 0.753. The highest BCUT2D eigenvalue weighted by atomic mass is 16.5. The maximum Gasteiger partial charge on any atom is 0.0604 e. The number of hydrogen-bond donors (Lipinski definition) is 1. The number of rotatable bonds is 5. The Labute approximate surface area is 93.8 Å². The first-order valence-electron chi connectivity index (χ1n) is 6.73. The van der Waals surface area contributed by atoms with E-state index in [0.717, 1.165) is 18.6 Å². The first-order valence-corrected chi connectivity index (χ1v) is 6.73. The van der Waals surface area contributed by atoms with E-state index in [-0.39, 0.29) is 0 Å². The van der Waals surface area contributed by atoms with Gasteiger partial charge in [-0.3, -0.25) is 0 Å². The van der Waals surface area contributed by atoms with Crippen molar-refractivity contribution in [1.29, 1.82) is 0 Å². The normalized spacial score (nSPS) is 32.6. The van der Waals surface area contributed by atoms with Crippen molar-refractivity contribution < 1.29 is 4.74 Å². The van der Waals surface area contributed by atoms with Crippen LogP contribution in [0.15, 0.2) is 0 Å². The SMILES string of the molecule is CCOC1CC(NCC2CCCCC2)C1. The summed E-state index contributed by atoms with van der Waals surface area (Å²) in [4.78, 5) is 0. The van der Waals surface area contributed by atoms with Crippen LogP contribution in [0.25, 0.3) is 0 Å². The minimum absolute atomic E-state index is 0.554. The van der Waals surface area contributed by atoms with Crippen molar-refractivity contribution >= 4 is 0 Å². The fourth-order valence-electron chi connectivity index (χ4n) is 2.83. The molecule has 1 N–H and O–H groups in total. The second kappa shape index (κ2) is 5.86. The van der Waals surface area contributed by atoms with Crippen LogP contribution in [-0.2, 0) is 4.74 Å². The highest BCUT2D eigenvalue weighted by molar-refractivity contribution is 4.86. The van der Waals surface area contributed by atoms with E-state index in [1.807, 2.05) is 0 Å². The molecule has 0 spiro atoms. The highest BCUT2D eigenvalue weighted by Gasteiger charge is 2.29. The molecule has 15 heavy (non-hydrogen) atoms. The molecule has 0 aliphatic heterocycles. The Morgan fingerprint density at radius 3 is 2.53 bits per heavy atom. The van der Waals surface area contributed by atoms with Crippen molar-refractivity contribution in [3.05, 3.63) is 0 Å². The number of nitrogens with one attached hydrogen (secondary N) is 1. The van der Waals surface area contributed by atoms with Crippen LogP contribution in [0.3, 0.4) is 0 Å². The van der Waals surface area contributed by atoms with Gasteiger partial charge in [0.1, 0.15) is 0 Å². The van der Waals surface area contributed by atoms with Crippen molar-refractivity contribution in [3.63, 3.8) is 0 Å². The van der Waals surface area contributed by atoms with Crippen LogP contribution in [0.5, 0.6) is 0 Å². The minimum atomic E-state index is 0.554. The summed E-state index contributed by atoms with van der Waals surface area (Å²) in [6.45, 7) is 4.21. The van der Waals surface area contributed by atoms with Gasteiger partial charge < -0.3 is 10.1 Å². The maximum atomic E-state index is 5.56. The summed E-state index contributed by atoms with van der Waals surface area (Å²) in [5.41, 5.74) is 0. The van der Waals surface area contributed by atoms with Gasteiger partial charge in [0.25, 0.3) is 0 Å². The van der Waals surface area contributed by atoms with E-state index in [2.05, 4.69) is 12.2 Å². The molecule has 0 radical (unpaired) electrons. The number of ether oxygens (including phenoxy) is 1. The van der Waals surface area contributed by atoms with Crippen LogP contribution in [-0.4, -0.2) is 25.3 Å². The van der Waals surface area contributed by atoms with Crippen molar-refractivity contribution in [2.45, 2.75) is 64.0 Å². The van der Waals surface area contributed by atoms with E-state index in [4.69, 9.17) is 4.74 Å². The second-order valence-electron chi connectivity index (χ2n) is 5.16. The average molecular weight is 211 g/mol. The fourth-order valence-corrected chi connectivity index (χ4v) is 2.83. The molecular formula is C13H25NO. The summed E-state index contributed by atoms with van der Waals surface area (Å²) >= 11 is 0. The molecular weight excluding hydrogens is 186 g/mol. The van der Waals surface area contributed by atoms with Crippen molar-refractivity contribution in [3.8, 4) is 0 Å². The van der Waals surface area contributed by atoms with Crippen molar-refractivity contribution in [1.82, 2.24) is 5.32 Å². The Balaban J connectivity index is 1.52. The third kappa shape index (κ3) is 3.46. The molecule has 88 valence electrons. The van der Waals surface area contributed by atoms with E-state index in [1.54, 1.807) is 0 Å². The Hall–Kier alpha value is -0.0800. The fraction of sp³-hybridized carbons (Fsp3) is 1.00. The van der Waals surface area contributed by atoms with Gasteiger partial charge in [-0.15, -0.1) is 0 Å². The lowest BCUT2D eigenvalue weighted by atomic mass is 9.86. The molecule has 2 aliphatic carbocycles. The third-order valence-electron chi connectivity index (χ3n) is 3.92. The zero-order chi connectivity index (χ0) is 10.5. The first kappa shape index (κ1) is 11.4. The Morgan fingerprint density at radius 1 is 1.13 bits per heavy atom. The summed E-state index contributed by atoms with van der Waals surface area (Å²) in [6.07, 6.45) is 10.3. The van der Waals surface area contributed by atoms with Crippen LogP contribution in [0.1, 0.15) is 51.9 Å². The molecule has 0 aromatic rings. The highest BCUT2D eigenvalue weighted by Crippen LogP contribution is 2.26. The standard InChI is InChI=1S/C13H25NO/c1-2-15-13-8-12(9-13)14-10-11-6-4-3-5-7-11/h11-14H,2-10H2,1H3. The predicted octanol–water partition coefficient (Wildman–Crippen LogP) is 2.72. The largest absolute Gasteiger partial charge is 0.378 e. The van der Waals surface area contributed by atoms with Gasteiger partial charge in [-0.25, -0.2) is 0 Å². The molecule has 0 amide bonds. The van der Waals surface area contributed by atoms with Gasteiger partial charge in [0.2, 0.25) is 0 Å². The van der Waals surface area contributed by atoms with Gasteiger partial charge >= 0.3 is 0 Å². The van der Waals surface area contributed by atoms with E-state index in [9.17, 15) is 0 Å². The summed E-state index contributed by atoms with van der Waals surface area (Å²) < 4.78 is 5.56. The van der Waals surface area contributed by atoms with Gasteiger partial charge in [0.15, 0.2) is 0 Å².